The van der Waals surface area contributed by atoms with E-state index in [2.05, 4.69) is 24.1 Å². The van der Waals surface area contributed by atoms with E-state index in [9.17, 15) is 9.59 Å². The molecule has 4 rings (SSSR count). The van der Waals surface area contributed by atoms with Crippen LogP contribution in [-0.2, 0) is 0 Å². The van der Waals surface area contributed by atoms with E-state index in [4.69, 9.17) is 4.42 Å². The van der Waals surface area contributed by atoms with Crippen LogP contribution in [0.2, 0.25) is 0 Å². The van der Waals surface area contributed by atoms with Crippen molar-refractivity contribution in [2.45, 2.75) is 20.3 Å². The minimum absolute atomic E-state index is 0.0575. The summed E-state index contributed by atoms with van der Waals surface area (Å²) in [5.74, 6) is 0.904. The summed E-state index contributed by atoms with van der Waals surface area (Å²) in [6.07, 6.45) is 2.39. The van der Waals surface area contributed by atoms with E-state index in [0.717, 1.165) is 24.4 Å². The Hall–Kier alpha value is -2.93. The molecule has 1 fully saturated rings. The number of hydrogen-bond donors (Lipinski definition) is 1. The van der Waals surface area contributed by atoms with Crippen LogP contribution in [0.4, 0.5) is 5.69 Å². The first-order valence-corrected chi connectivity index (χ1v) is 10.6. The number of nitrogens with one attached hydrogen (secondary N) is 1. The van der Waals surface area contributed by atoms with Gasteiger partial charge in [-0.3, -0.25) is 9.59 Å². The van der Waals surface area contributed by atoms with Crippen molar-refractivity contribution in [2.75, 3.05) is 18.4 Å². The summed E-state index contributed by atoms with van der Waals surface area (Å²) in [4.78, 5) is 32.9. The molecule has 0 aliphatic carbocycles. The van der Waals surface area contributed by atoms with E-state index in [1.54, 1.807) is 18.2 Å². The molecule has 1 aliphatic heterocycles. The summed E-state index contributed by atoms with van der Waals surface area (Å²) in [6, 6.07) is 10.9. The number of hydrogen-bond acceptors (Lipinski definition) is 5. The Balaban J connectivity index is 1.57. The van der Waals surface area contributed by atoms with Crippen molar-refractivity contribution in [1.29, 1.82) is 0 Å². The molecule has 6 nitrogen and oxygen atoms in total. The van der Waals surface area contributed by atoms with Gasteiger partial charge in [0, 0.05) is 13.1 Å². The molecular weight excluding hydrogens is 386 g/mol. The lowest BCUT2D eigenvalue weighted by atomic mass is 9.91. The number of amides is 2. The zero-order valence-electron chi connectivity index (χ0n) is 16.4. The van der Waals surface area contributed by atoms with E-state index in [1.165, 1.54) is 17.7 Å². The molecule has 2 amide bonds. The van der Waals surface area contributed by atoms with Crippen molar-refractivity contribution in [3.8, 4) is 10.6 Å². The SMILES string of the molecule is C[C@@H]1C[C@@H](C)CN(C(=O)c2ccccc2NC(=O)c2ncoc2-c2cccs2)C1. The molecule has 0 bridgehead atoms. The third kappa shape index (κ3) is 4.10. The fourth-order valence-corrected chi connectivity index (χ4v) is 4.66. The maximum atomic E-state index is 13.2. The number of nitrogens with zero attached hydrogens (tertiary/aromatic N) is 2. The first-order chi connectivity index (χ1) is 14.0. The van der Waals surface area contributed by atoms with Crippen molar-refractivity contribution in [3.05, 3.63) is 59.4 Å². The Morgan fingerprint density at radius 1 is 1.14 bits per heavy atom. The number of anilines is 1. The number of piperidine rings is 1. The minimum Gasteiger partial charge on any atom is -0.442 e. The quantitative estimate of drug-likeness (QED) is 0.673. The lowest BCUT2D eigenvalue weighted by Gasteiger charge is -2.35. The van der Waals surface area contributed by atoms with Crippen LogP contribution < -0.4 is 5.32 Å². The molecule has 0 spiro atoms. The van der Waals surface area contributed by atoms with Gasteiger partial charge in [-0.1, -0.05) is 32.0 Å². The molecule has 1 aromatic carbocycles. The Kier molecular flexibility index (Phi) is 5.49. The fraction of sp³-hybridized carbons (Fsp3) is 0.318. The van der Waals surface area contributed by atoms with Gasteiger partial charge in [0.25, 0.3) is 11.8 Å². The lowest BCUT2D eigenvalue weighted by molar-refractivity contribution is 0.0624. The van der Waals surface area contributed by atoms with Crippen LogP contribution in [0, 0.1) is 11.8 Å². The second-order valence-electron chi connectivity index (χ2n) is 7.66. The average molecular weight is 410 g/mol. The first kappa shape index (κ1) is 19.4. The van der Waals surface area contributed by atoms with Crippen LogP contribution in [0.3, 0.4) is 0 Å². The second-order valence-corrected chi connectivity index (χ2v) is 8.61. The summed E-state index contributed by atoms with van der Waals surface area (Å²) < 4.78 is 5.43. The molecule has 3 aromatic rings. The molecule has 1 saturated heterocycles. The molecule has 1 aliphatic rings. The van der Waals surface area contributed by atoms with Crippen LogP contribution >= 0.6 is 11.3 Å². The first-order valence-electron chi connectivity index (χ1n) is 9.70. The number of carbonyl (C=O) groups is 2. The fourth-order valence-electron chi connectivity index (χ4n) is 3.95. The summed E-state index contributed by atoms with van der Waals surface area (Å²) in [5, 5.41) is 4.76. The Labute approximate surface area is 173 Å². The van der Waals surface area contributed by atoms with Gasteiger partial charge in [0.1, 0.15) is 0 Å². The number of aromatic nitrogens is 1. The summed E-state index contributed by atoms with van der Waals surface area (Å²) in [6.45, 7) is 5.80. The van der Waals surface area contributed by atoms with Gasteiger partial charge in [-0.2, -0.15) is 0 Å². The Morgan fingerprint density at radius 3 is 2.62 bits per heavy atom. The summed E-state index contributed by atoms with van der Waals surface area (Å²) in [5.41, 5.74) is 1.17. The van der Waals surface area contributed by atoms with Gasteiger partial charge < -0.3 is 14.6 Å². The molecular formula is C22H23N3O3S. The van der Waals surface area contributed by atoms with Crippen LogP contribution in [-0.4, -0.2) is 34.8 Å². The number of likely N-dealkylation sites (tertiary alicyclic amines) is 1. The van der Waals surface area contributed by atoms with Crippen LogP contribution in [0.15, 0.2) is 52.6 Å². The second kappa shape index (κ2) is 8.21. The van der Waals surface area contributed by atoms with E-state index >= 15 is 0 Å². The van der Waals surface area contributed by atoms with Gasteiger partial charge in [0.15, 0.2) is 17.8 Å². The lowest BCUT2D eigenvalue weighted by Crippen LogP contribution is -2.42. The summed E-state index contributed by atoms with van der Waals surface area (Å²) in [7, 11) is 0. The third-order valence-corrected chi connectivity index (χ3v) is 5.96. The normalized spacial score (nSPS) is 19.2. The molecule has 3 heterocycles. The highest BCUT2D eigenvalue weighted by molar-refractivity contribution is 7.13. The third-order valence-electron chi connectivity index (χ3n) is 5.09. The number of rotatable bonds is 4. The molecule has 7 heteroatoms. The van der Waals surface area contributed by atoms with E-state index in [1.807, 2.05) is 28.5 Å². The molecule has 1 N–H and O–H groups in total. The predicted molar refractivity (Wildman–Crippen MR) is 113 cm³/mol. The van der Waals surface area contributed by atoms with Crippen molar-refractivity contribution in [3.63, 3.8) is 0 Å². The number of thiophene rings is 1. The highest BCUT2D eigenvalue weighted by Gasteiger charge is 2.28. The van der Waals surface area contributed by atoms with E-state index < -0.39 is 5.91 Å². The Bertz CT molecular complexity index is 1000. The molecule has 2 aromatic heterocycles. The minimum atomic E-state index is -0.400. The predicted octanol–water partition coefficient (Wildman–Crippen LogP) is 4.77. The van der Waals surface area contributed by atoms with Gasteiger partial charge in [-0.15, -0.1) is 11.3 Å². The number of carbonyl (C=O) groups excluding carboxylic acids is 2. The molecule has 29 heavy (non-hydrogen) atoms. The van der Waals surface area contributed by atoms with Crippen molar-refractivity contribution in [2.24, 2.45) is 11.8 Å². The maximum absolute atomic E-state index is 13.2. The van der Waals surface area contributed by atoms with Gasteiger partial charge >= 0.3 is 0 Å². The molecule has 0 saturated carbocycles. The average Bonchev–Trinajstić information content (AvgIpc) is 3.38. The van der Waals surface area contributed by atoms with Crippen LogP contribution in [0.1, 0.15) is 41.1 Å². The largest absolute Gasteiger partial charge is 0.442 e. The van der Waals surface area contributed by atoms with Crippen molar-refractivity contribution < 1.29 is 14.0 Å². The van der Waals surface area contributed by atoms with Gasteiger partial charge in [0.05, 0.1) is 16.1 Å². The molecule has 0 unspecified atom stereocenters. The van der Waals surface area contributed by atoms with Crippen LogP contribution in [0.5, 0.6) is 0 Å². The van der Waals surface area contributed by atoms with Crippen molar-refractivity contribution >= 4 is 28.8 Å². The topological polar surface area (TPSA) is 75.4 Å². The smallest absolute Gasteiger partial charge is 0.278 e. The van der Waals surface area contributed by atoms with E-state index in [-0.39, 0.29) is 11.6 Å². The number of para-hydroxylation sites is 1. The zero-order chi connectivity index (χ0) is 20.4. The standard InChI is InChI=1S/C22H23N3O3S/c1-14-10-15(2)12-25(11-14)22(27)16-6-3-4-7-17(16)24-21(26)19-20(28-13-23-19)18-8-5-9-29-18/h3-9,13-15H,10-12H2,1-2H3,(H,24,26)/t14-,15-/m1/s1. The highest BCUT2D eigenvalue weighted by Crippen LogP contribution is 2.29. The van der Waals surface area contributed by atoms with Crippen molar-refractivity contribution in [1.82, 2.24) is 9.88 Å². The molecule has 0 radical (unpaired) electrons. The molecule has 2 atom stereocenters. The molecule has 150 valence electrons. The van der Waals surface area contributed by atoms with Crippen LogP contribution in [0.25, 0.3) is 10.6 Å². The van der Waals surface area contributed by atoms with Gasteiger partial charge in [-0.25, -0.2) is 4.98 Å². The van der Waals surface area contributed by atoms with Gasteiger partial charge in [-0.05, 0) is 41.8 Å². The Morgan fingerprint density at radius 2 is 1.90 bits per heavy atom. The van der Waals surface area contributed by atoms with Gasteiger partial charge in [0.2, 0.25) is 0 Å². The van der Waals surface area contributed by atoms with E-state index in [0.29, 0.717) is 28.8 Å². The monoisotopic (exact) mass is 409 g/mol. The summed E-state index contributed by atoms with van der Waals surface area (Å²) >= 11 is 1.47. The number of benzene rings is 1. The highest BCUT2D eigenvalue weighted by atomic mass is 32.1. The number of oxazole rings is 1. The maximum Gasteiger partial charge on any atom is 0.278 e. The zero-order valence-corrected chi connectivity index (χ0v) is 17.2.